The van der Waals surface area contributed by atoms with Crippen LogP contribution in [0.5, 0.6) is 0 Å². The van der Waals surface area contributed by atoms with E-state index < -0.39 is 86.1 Å². The molecule has 0 spiro atoms. The molecule has 2 saturated carbocycles. The Bertz CT molecular complexity index is 2200. The normalized spacial score (nSPS) is 31.0. The van der Waals surface area contributed by atoms with Crippen molar-refractivity contribution in [3.8, 4) is 0 Å². The number of thioether (sulfide) groups is 1. The van der Waals surface area contributed by atoms with Crippen LogP contribution in [0.4, 0.5) is 0 Å². The number of aliphatic hydroxyl groups is 2. The molecular weight excluding hydrogens is 915 g/mol. The number of benzene rings is 4. The van der Waals surface area contributed by atoms with Gasteiger partial charge in [0.2, 0.25) is 0 Å². The molecule has 8 rings (SSSR count). The van der Waals surface area contributed by atoms with Gasteiger partial charge in [-0.15, -0.1) is 0 Å². The second-order valence-electron chi connectivity index (χ2n) is 17.6. The van der Waals surface area contributed by atoms with Gasteiger partial charge in [0.25, 0.3) is 0 Å². The van der Waals surface area contributed by atoms with Gasteiger partial charge in [-0.2, -0.15) is 0 Å². The number of esters is 2. The van der Waals surface area contributed by atoms with Gasteiger partial charge in [0.05, 0.1) is 0 Å². The summed E-state index contributed by atoms with van der Waals surface area (Å²) in [5, 5.41) is 25.1. The van der Waals surface area contributed by atoms with E-state index in [0.29, 0.717) is 11.1 Å². The monoisotopic (exact) mass is 970 g/mol. The van der Waals surface area contributed by atoms with Crippen molar-refractivity contribution < 1.29 is 43.5 Å². The first-order chi connectivity index (χ1) is 29.1. The molecule has 1 saturated heterocycles. The quantitative estimate of drug-likeness (QED) is 0.0775. The summed E-state index contributed by atoms with van der Waals surface area (Å²) in [6.07, 6.45) is -2.23. The van der Waals surface area contributed by atoms with Crippen molar-refractivity contribution in [2.24, 2.45) is 16.7 Å². The third kappa shape index (κ3) is 7.24. The number of fused-ring (bicyclic) bond motifs is 5. The van der Waals surface area contributed by atoms with Gasteiger partial charge in [-0.25, -0.2) is 0 Å². The van der Waals surface area contributed by atoms with E-state index in [1.54, 1.807) is 49.0 Å². The fraction of sp³-hybridized carbons (Fsp3) is 0.408. The Morgan fingerprint density at radius 1 is 0.852 bits per heavy atom. The summed E-state index contributed by atoms with van der Waals surface area (Å²) in [4.78, 5) is 43.3. The van der Waals surface area contributed by atoms with Crippen LogP contribution in [0.3, 0.4) is 0 Å². The van der Waals surface area contributed by atoms with Gasteiger partial charge in [0, 0.05) is 0 Å². The van der Waals surface area contributed by atoms with Crippen LogP contribution in [-0.2, 0) is 28.5 Å². The summed E-state index contributed by atoms with van der Waals surface area (Å²) in [6.45, 7) is 8.55. The fourth-order valence-corrected chi connectivity index (χ4v) is 35.4. The molecule has 9 atom stereocenters. The van der Waals surface area contributed by atoms with Crippen molar-refractivity contribution in [1.29, 1.82) is 0 Å². The first-order valence-electron chi connectivity index (χ1n) is 20.9. The molecule has 12 heteroatoms. The molecule has 4 aliphatic rings. The third-order valence-corrected chi connectivity index (χ3v) is 37.1. The Labute approximate surface area is 369 Å². The molecule has 4 aromatic carbocycles. The zero-order valence-electron chi connectivity index (χ0n) is 35.4. The molecule has 320 valence electrons. The summed E-state index contributed by atoms with van der Waals surface area (Å²) < 4.78 is 30.0. The summed E-state index contributed by atoms with van der Waals surface area (Å²) in [5.41, 5.74) is -4.61. The minimum absolute atomic E-state index is 0.0754. The number of ketones is 1. The summed E-state index contributed by atoms with van der Waals surface area (Å²) in [6, 6.07) is 40.4. The molecule has 0 aromatic heterocycles. The van der Waals surface area contributed by atoms with E-state index in [1.807, 2.05) is 54.2 Å². The maximum absolute atomic E-state index is 15.7. The summed E-state index contributed by atoms with van der Waals surface area (Å²) in [7, 11) is 1.83. The number of aliphatic hydroxyl groups excluding tert-OH is 1. The molecule has 0 amide bonds. The molecular formula is C49H54O9S2Sn. The minimum atomic E-state index is -4.06. The number of carbonyl (C=O) groups excluding carboxylic acids is 3. The van der Waals surface area contributed by atoms with Crippen molar-refractivity contribution in [1.82, 2.24) is 0 Å². The Balaban J connectivity index is 1.31. The van der Waals surface area contributed by atoms with Gasteiger partial charge in [0.15, 0.2) is 0 Å². The number of rotatable bonds is 11. The predicted octanol–water partition coefficient (Wildman–Crippen LogP) is 6.18. The molecule has 1 heterocycles. The molecule has 2 unspecified atom stereocenters. The Morgan fingerprint density at radius 3 is 1.85 bits per heavy atom. The fourth-order valence-electron chi connectivity index (χ4n) is 10.8. The Morgan fingerprint density at radius 2 is 1.38 bits per heavy atom. The van der Waals surface area contributed by atoms with Gasteiger partial charge >= 0.3 is 366 Å². The summed E-state index contributed by atoms with van der Waals surface area (Å²) >= 11 is -2.51. The molecule has 4 aromatic rings. The summed E-state index contributed by atoms with van der Waals surface area (Å²) in [5.74, 6) is -2.66. The molecule has 9 nitrogen and oxygen atoms in total. The van der Waals surface area contributed by atoms with E-state index >= 15 is 4.79 Å². The zero-order valence-corrected chi connectivity index (χ0v) is 39.9. The average Bonchev–Trinajstić information content (AvgIpc) is 3.26. The van der Waals surface area contributed by atoms with Gasteiger partial charge < -0.3 is 0 Å². The zero-order chi connectivity index (χ0) is 43.4. The first kappa shape index (κ1) is 44.2. The number of carbonyl (C=O) groups is 3. The van der Waals surface area contributed by atoms with E-state index in [4.69, 9.17) is 18.9 Å². The van der Waals surface area contributed by atoms with Gasteiger partial charge in [-0.1, -0.05) is 6.07 Å². The van der Waals surface area contributed by atoms with Crippen molar-refractivity contribution in [2.75, 3.05) is 12.9 Å². The van der Waals surface area contributed by atoms with Crippen LogP contribution >= 0.6 is 20.7 Å². The predicted molar refractivity (Wildman–Crippen MR) is 242 cm³/mol. The SMILES string of the molecule is CSC(O[C@H]1C[C@H]2OC[C@@]2(OC(C)=O)C2[C@H](OC(=O)c3ccccc3)[C@]3(O)C[C@H](O)C(C)=C(CC(=O)[C@@]21C)C3(C)C)[S][Sn]([c]1ccccc1)([c]1ccccc1)[c]1ccccc1. The van der Waals surface area contributed by atoms with Crippen LogP contribution in [-0.4, -0.2) is 98.2 Å². The Kier molecular flexibility index (Phi) is 12.3. The second-order valence-corrected chi connectivity index (χ2v) is 34.4. The molecule has 1 aliphatic heterocycles. The van der Waals surface area contributed by atoms with Crippen molar-refractivity contribution in [3.63, 3.8) is 0 Å². The standard InChI is InChI=1S/C31H40O9S2.3C6H5.Sn/c1-16-19-12-21(34)29(5)22(38-27(41)42-6)13-23-30(15-37-23,40-17(2)32)24(29)25(31(36,14-20(16)33)28(19,3)4)39-26(35)18-10-8-7-9-11-18;3*1-2-4-6-5-3-1;/h7-11,20,22-25,27,33,36,41H,12-15H2,1-6H3;3*1-5H;/q;;;;+1/p-1/t20-,22-,23+,24?,25-,27?,29+,30-,31+;;;;/m0..../s1. The van der Waals surface area contributed by atoms with Gasteiger partial charge in [0.1, 0.15) is 0 Å². The van der Waals surface area contributed by atoms with Gasteiger partial charge in [-0.05, 0) is 0 Å². The van der Waals surface area contributed by atoms with E-state index in [2.05, 4.69) is 72.8 Å². The second kappa shape index (κ2) is 16.9. The number of ether oxygens (including phenoxy) is 4. The van der Waals surface area contributed by atoms with E-state index in [0.717, 1.165) is 0 Å². The third-order valence-electron chi connectivity index (χ3n) is 14.2. The molecule has 3 aliphatic carbocycles. The first-order valence-corrected chi connectivity index (χ1v) is 30.8. The number of hydrogen-bond acceptors (Lipinski definition) is 11. The van der Waals surface area contributed by atoms with E-state index in [1.165, 1.54) is 17.7 Å². The van der Waals surface area contributed by atoms with Crippen LogP contribution in [0.1, 0.15) is 64.2 Å². The van der Waals surface area contributed by atoms with Crippen molar-refractivity contribution in [3.05, 3.63) is 138 Å². The van der Waals surface area contributed by atoms with Crippen LogP contribution in [0.25, 0.3) is 0 Å². The topological polar surface area (TPSA) is 129 Å². The van der Waals surface area contributed by atoms with E-state index in [-0.39, 0.29) is 37.2 Å². The van der Waals surface area contributed by atoms with Crippen LogP contribution in [0.2, 0.25) is 0 Å². The Hall–Kier alpha value is -3.43. The maximum atomic E-state index is 15.7. The molecule has 61 heavy (non-hydrogen) atoms. The molecule has 3 fully saturated rings. The number of Topliss-reactive ketones (excluding diaryl/α,β-unsaturated/α-hetero) is 1. The van der Waals surface area contributed by atoms with Crippen LogP contribution in [0, 0.1) is 16.7 Å². The average molecular weight is 970 g/mol. The van der Waals surface area contributed by atoms with E-state index in [9.17, 15) is 19.8 Å². The molecule has 2 N–H and O–H groups in total. The van der Waals surface area contributed by atoms with Gasteiger partial charge in [-0.3, -0.25) is 0 Å². The number of hydrogen-bond donors (Lipinski definition) is 2. The van der Waals surface area contributed by atoms with Crippen molar-refractivity contribution >= 4 is 66.2 Å². The van der Waals surface area contributed by atoms with Crippen LogP contribution in [0.15, 0.2) is 132 Å². The van der Waals surface area contributed by atoms with Crippen molar-refractivity contribution in [2.45, 2.75) is 94.3 Å². The molecule has 2 bridgehead atoms. The molecule has 0 radical (unpaired) electrons. The van der Waals surface area contributed by atoms with Crippen LogP contribution < -0.4 is 10.7 Å².